The van der Waals surface area contributed by atoms with Gasteiger partial charge in [-0.15, -0.1) is 0 Å². The maximum Gasteiger partial charge on any atom is 0.243 e. The zero-order valence-electron chi connectivity index (χ0n) is 19.5. The first-order valence-corrected chi connectivity index (χ1v) is 12.2. The van der Waals surface area contributed by atoms with Crippen molar-refractivity contribution in [3.05, 3.63) is 106 Å². The van der Waals surface area contributed by atoms with Gasteiger partial charge in [0.25, 0.3) is 0 Å². The van der Waals surface area contributed by atoms with Gasteiger partial charge in [-0.1, -0.05) is 96.9 Å². The zero-order valence-corrected chi connectivity index (χ0v) is 21.0. The van der Waals surface area contributed by atoms with E-state index in [0.29, 0.717) is 28.6 Å². The Morgan fingerprint density at radius 3 is 1.97 bits per heavy atom. The van der Waals surface area contributed by atoms with Gasteiger partial charge in [0.2, 0.25) is 11.8 Å². The number of hydrogen-bond acceptors (Lipinski definition) is 2. The molecule has 0 aliphatic heterocycles. The highest BCUT2D eigenvalue weighted by Gasteiger charge is 2.31. The lowest BCUT2D eigenvalue weighted by Gasteiger charge is -2.32. The van der Waals surface area contributed by atoms with Crippen LogP contribution in [0.5, 0.6) is 0 Å². The smallest absolute Gasteiger partial charge is 0.243 e. The summed E-state index contributed by atoms with van der Waals surface area (Å²) < 4.78 is 0. The number of halogens is 2. The fraction of sp³-hybridized carbons (Fsp3) is 0.286. The lowest BCUT2D eigenvalue weighted by Crippen LogP contribution is -2.52. The van der Waals surface area contributed by atoms with Gasteiger partial charge in [0.15, 0.2) is 0 Å². The minimum absolute atomic E-state index is 0.00235. The fourth-order valence-corrected chi connectivity index (χ4v) is 4.26. The molecule has 1 N–H and O–H groups in total. The summed E-state index contributed by atoms with van der Waals surface area (Å²) in [5, 5.41) is 3.94. The number of amides is 2. The summed E-state index contributed by atoms with van der Waals surface area (Å²) in [5.74, 6) is -0.383. The van der Waals surface area contributed by atoms with Gasteiger partial charge in [-0.05, 0) is 42.2 Å². The Labute approximate surface area is 211 Å². The molecule has 0 spiro atoms. The Morgan fingerprint density at radius 1 is 0.853 bits per heavy atom. The van der Waals surface area contributed by atoms with Gasteiger partial charge < -0.3 is 10.2 Å². The molecule has 0 unspecified atom stereocenters. The quantitative estimate of drug-likeness (QED) is 0.369. The highest BCUT2D eigenvalue weighted by atomic mass is 35.5. The lowest BCUT2D eigenvalue weighted by molar-refractivity contribution is -0.141. The molecule has 3 rings (SSSR count). The SMILES string of the molecule is CC[C@H](C)NC(=O)[C@H](Cc1ccccc1)N(Cc1ccccc1)C(=O)Cc1c(Cl)cccc1Cl. The van der Waals surface area contributed by atoms with Crippen LogP contribution in [0.1, 0.15) is 37.0 Å². The van der Waals surface area contributed by atoms with Gasteiger partial charge in [0, 0.05) is 29.1 Å². The third-order valence-electron chi connectivity index (χ3n) is 5.86. The van der Waals surface area contributed by atoms with Crippen molar-refractivity contribution in [1.82, 2.24) is 10.2 Å². The van der Waals surface area contributed by atoms with Crippen molar-refractivity contribution in [2.24, 2.45) is 0 Å². The largest absolute Gasteiger partial charge is 0.352 e. The summed E-state index contributed by atoms with van der Waals surface area (Å²) in [6, 6.07) is 23.9. The summed E-state index contributed by atoms with van der Waals surface area (Å²) in [6.07, 6.45) is 1.21. The maximum absolute atomic E-state index is 13.7. The Hall–Kier alpha value is -2.82. The number of rotatable bonds is 10. The van der Waals surface area contributed by atoms with E-state index in [1.165, 1.54) is 0 Å². The van der Waals surface area contributed by atoms with E-state index >= 15 is 0 Å². The van der Waals surface area contributed by atoms with Crippen LogP contribution in [0.15, 0.2) is 78.9 Å². The molecule has 2 atom stereocenters. The van der Waals surface area contributed by atoms with E-state index in [9.17, 15) is 9.59 Å². The normalized spacial score (nSPS) is 12.6. The first kappa shape index (κ1) is 25.8. The van der Waals surface area contributed by atoms with E-state index < -0.39 is 6.04 Å². The van der Waals surface area contributed by atoms with E-state index in [1.54, 1.807) is 23.1 Å². The third-order valence-corrected chi connectivity index (χ3v) is 6.57. The summed E-state index contributed by atoms with van der Waals surface area (Å²) in [6.45, 7) is 4.28. The minimum atomic E-state index is -0.689. The van der Waals surface area contributed by atoms with Crippen LogP contribution in [0.3, 0.4) is 0 Å². The monoisotopic (exact) mass is 496 g/mol. The predicted molar refractivity (Wildman–Crippen MR) is 139 cm³/mol. The molecule has 0 saturated carbocycles. The van der Waals surface area contributed by atoms with Gasteiger partial charge >= 0.3 is 0 Å². The average Bonchev–Trinajstić information content (AvgIpc) is 2.84. The molecule has 34 heavy (non-hydrogen) atoms. The van der Waals surface area contributed by atoms with E-state index in [0.717, 1.165) is 17.5 Å². The van der Waals surface area contributed by atoms with Crippen molar-refractivity contribution in [3.8, 4) is 0 Å². The summed E-state index contributed by atoms with van der Waals surface area (Å²) in [4.78, 5) is 28.9. The summed E-state index contributed by atoms with van der Waals surface area (Å²) in [5.41, 5.74) is 2.48. The van der Waals surface area contributed by atoms with E-state index in [2.05, 4.69) is 5.32 Å². The topological polar surface area (TPSA) is 49.4 Å². The number of carbonyl (C=O) groups is 2. The molecule has 0 heterocycles. The van der Waals surface area contributed by atoms with Crippen molar-refractivity contribution in [1.29, 1.82) is 0 Å². The minimum Gasteiger partial charge on any atom is -0.352 e. The molecule has 0 aliphatic carbocycles. The number of nitrogens with one attached hydrogen (secondary N) is 1. The van der Waals surface area contributed by atoms with Crippen LogP contribution >= 0.6 is 23.2 Å². The molecule has 3 aromatic rings. The number of nitrogens with zero attached hydrogens (tertiary/aromatic N) is 1. The Bertz CT molecular complexity index is 1070. The second-order valence-corrected chi connectivity index (χ2v) is 9.22. The van der Waals surface area contributed by atoms with Crippen molar-refractivity contribution in [3.63, 3.8) is 0 Å². The van der Waals surface area contributed by atoms with Gasteiger partial charge in [-0.3, -0.25) is 9.59 Å². The van der Waals surface area contributed by atoms with Gasteiger partial charge in [0.05, 0.1) is 6.42 Å². The predicted octanol–water partition coefficient (Wildman–Crippen LogP) is 6.09. The maximum atomic E-state index is 13.7. The molecule has 0 saturated heterocycles. The zero-order chi connectivity index (χ0) is 24.5. The lowest BCUT2D eigenvalue weighted by atomic mass is 10.0. The third kappa shape index (κ3) is 7.09. The molecule has 6 heteroatoms. The van der Waals surface area contributed by atoms with Gasteiger partial charge in [-0.2, -0.15) is 0 Å². The van der Waals surface area contributed by atoms with Crippen LogP contribution in [0.4, 0.5) is 0 Å². The standard InChI is InChI=1S/C28H30Cl2N2O2/c1-3-20(2)31-28(34)26(17-21-11-6-4-7-12-21)32(19-22-13-8-5-9-14-22)27(33)18-23-24(29)15-10-16-25(23)30/h4-16,20,26H,3,17-19H2,1-2H3,(H,31,34)/t20-,26-/m0/s1. The Morgan fingerprint density at radius 2 is 1.41 bits per heavy atom. The summed E-state index contributed by atoms with van der Waals surface area (Å²) >= 11 is 12.7. The molecule has 3 aromatic carbocycles. The van der Waals surface area contributed by atoms with Crippen LogP contribution in [0.2, 0.25) is 10.0 Å². The molecule has 4 nitrogen and oxygen atoms in total. The average molecular weight is 497 g/mol. The second-order valence-electron chi connectivity index (χ2n) is 8.41. The first-order valence-electron chi connectivity index (χ1n) is 11.5. The fourth-order valence-electron chi connectivity index (χ4n) is 3.73. The Balaban J connectivity index is 1.99. The van der Waals surface area contributed by atoms with E-state index in [4.69, 9.17) is 23.2 Å². The van der Waals surface area contributed by atoms with Crippen LogP contribution < -0.4 is 5.32 Å². The van der Waals surface area contributed by atoms with E-state index in [1.807, 2.05) is 74.5 Å². The molecule has 0 aliphatic rings. The van der Waals surface area contributed by atoms with Crippen molar-refractivity contribution < 1.29 is 9.59 Å². The highest BCUT2D eigenvalue weighted by Crippen LogP contribution is 2.26. The van der Waals surface area contributed by atoms with Crippen LogP contribution in [0, 0.1) is 0 Å². The van der Waals surface area contributed by atoms with Crippen molar-refractivity contribution in [2.75, 3.05) is 0 Å². The van der Waals surface area contributed by atoms with Crippen LogP contribution in [-0.2, 0) is 29.0 Å². The number of hydrogen-bond donors (Lipinski definition) is 1. The number of benzene rings is 3. The second kappa shape index (κ2) is 12.6. The van der Waals surface area contributed by atoms with E-state index in [-0.39, 0.29) is 24.3 Å². The molecule has 2 amide bonds. The van der Waals surface area contributed by atoms with Crippen LogP contribution in [0.25, 0.3) is 0 Å². The summed E-state index contributed by atoms with van der Waals surface area (Å²) in [7, 11) is 0. The molecule has 0 radical (unpaired) electrons. The van der Waals surface area contributed by atoms with Gasteiger partial charge in [0.1, 0.15) is 6.04 Å². The molecule has 178 valence electrons. The molecule has 0 aromatic heterocycles. The number of carbonyl (C=O) groups excluding carboxylic acids is 2. The Kier molecular flexibility index (Phi) is 9.55. The van der Waals surface area contributed by atoms with Crippen LogP contribution in [-0.4, -0.2) is 28.8 Å². The molecule has 0 bridgehead atoms. The molecule has 0 fully saturated rings. The van der Waals surface area contributed by atoms with Crippen molar-refractivity contribution >= 4 is 35.0 Å². The van der Waals surface area contributed by atoms with Crippen molar-refractivity contribution in [2.45, 2.75) is 51.7 Å². The molecular formula is C28H30Cl2N2O2. The molecular weight excluding hydrogens is 467 g/mol. The van der Waals surface area contributed by atoms with Gasteiger partial charge in [-0.25, -0.2) is 0 Å². The highest BCUT2D eigenvalue weighted by molar-refractivity contribution is 6.36. The first-order chi connectivity index (χ1) is 16.4.